The van der Waals surface area contributed by atoms with Crippen molar-refractivity contribution in [1.29, 1.82) is 5.41 Å². The molecule has 1 atom stereocenters. The van der Waals surface area contributed by atoms with Gasteiger partial charge in [0, 0.05) is 6.42 Å². The summed E-state index contributed by atoms with van der Waals surface area (Å²) in [6.07, 6.45) is 0.380. The second-order valence-electron chi connectivity index (χ2n) is 4.53. The summed E-state index contributed by atoms with van der Waals surface area (Å²) in [6, 6.07) is 0. The lowest BCUT2D eigenvalue weighted by Gasteiger charge is -2.20. The summed E-state index contributed by atoms with van der Waals surface area (Å²) >= 11 is 0. The first-order valence-electron chi connectivity index (χ1n) is 4.77. The van der Waals surface area contributed by atoms with E-state index in [1.165, 1.54) is 0 Å². The lowest BCUT2D eigenvalue weighted by molar-refractivity contribution is -0.146. The molecule has 0 bridgehead atoms. The van der Waals surface area contributed by atoms with E-state index in [9.17, 15) is 4.79 Å². The van der Waals surface area contributed by atoms with Crippen molar-refractivity contribution in [2.24, 2.45) is 11.7 Å². The molecule has 82 valence electrons. The summed E-state index contributed by atoms with van der Waals surface area (Å²) in [5.41, 5.74) is 4.86. The van der Waals surface area contributed by atoms with Crippen LogP contribution < -0.4 is 5.73 Å². The van der Waals surface area contributed by atoms with Crippen LogP contribution in [0, 0.1) is 11.3 Å². The lowest BCUT2D eigenvalue weighted by atomic mass is 10.0. The topological polar surface area (TPSA) is 76.2 Å². The minimum absolute atomic E-state index is 0.00197. The van der Waals surface area contributed by atoms with Crippen molar-refractivity contribution in [2.75, 3.05) is 6.54 Å². The Morgan fingerprint density at radius 2 is 2.00 bits per heavy atom. The van der Waals surface area contributed by atoms with Crippen LogP contribution in [0.4, 0.5) is 0 Å². The fourth-order valence-corrected chi connectivity index (χ4v) is 0.855. The highest BCUT2D eigenvalue weighted by Crippen LogP contribution is 2.09. The van der Waals surface area contributed by atoms with Gasteiger partial charge in [-0.15, -0.1) is 0 Å². The van der Waals surface area contributed by atoms with Gasteiger partial charge in [0.05, 0.1) is 0 Å². The minimum Gasteiger partial charge on any atom is -0.456 e. The molecule has 0 radical (unpaired) electrons. The van der Waals surface area contributed by atoms with Gasteiger partial charge in [0.25, 0.3) is 0 Å². The van der Waals surface area contributed by atoms with Gasteiger partial charge in [-0.2, -0.15) is 0 Å². The fraction of sp³-hybridized carbons (Fsp3) is 0.800. The number of carbonyl (C=O) groups excluding carboxylic acids is 1. The predicted octanol–water partition coefficient (Wildman–Crippen LogP) is 1.33. The second kappa shape index (κ2) is 5.10. The predicted molar refractivity (Wildman–Crippen MR) is 56.4 cm³/mol. The van der Waals surface area contributed by atoms with E-state index in [1.807, 2.05) is 6.92 Å². The molecule has 0 heterocycles. The third kappa shape index (κ3) is 5.70. The van der Waals surface area contributed by atoms with Gasteiger partial charge >= 0.3 is 5.97 Å². The van der Waals surface area contributed by atoms with Crippen molar-refractivity contribution in [3.63, 3.8) is 0 Å². The standard InChI is InChI=1S/C10H20N2O2/c1-7(6-11)5-8(12)9(13)14-10(2,3)4/h7,12H,5-6,11H2,1-4H3/t7-/m0/s1. The van der Waals surface area contributed by atoms with Crippen molar-refractivity contribution in [3.05, 3.63) is 0 Å². The van der Waals surface area contributed by atoms with Crippen LogP contribution in [0.25, 0.3) is 0 Å². The van der Waals surface area contributed by atoms with Crippen molar-refractivity contribution in [1.82, 2.24) is 0 Å². The number of hydrogen-bond donors (Lipinski definition) is 2. The van der Waals surface area contributed by atoms with Crippen molar-refractivity contribution < 1.29 is 9.53 Å². The summed E-state index contributed by atoms with van der Waals surface area (Å²) < 4.78 is 5.04. The van der Waals surface area contributed by atoms with E-state index in [1.54, 1.807) is 20.8 Å². The Morgan fingerprint density at radius 1 is 1.50 bits per heavy atom. The van der Waals surface area contributed by atoms with E-state index in [0.29, 0.717) is 13.0 Å². The quantitative estimate of drug-likeness (QED) is 0.531. The minimum atomic E-state index is -0.544. The van der Waals surface area contributed by atoms with Gasteiger partial charge in [0.15, 0.2) is 0 Å². The molecule has 0 spiro atoms. The van der Waals surface area contributed by atoms with Crippen LogP contribution in [0.2, 0.25) is 0 Å². The van der Waals surface area contributed by atoms with Crippen LogP contribution in [0.1, 0.15) is 34.1 Å². The molecule has 0 saturated heterocycles. The Bertz CT molecular complexity index is 219. The number of hydrogen-bond acceptors (Lipinski definition) is 4. The SMILES string of the molecule is C[C@H](CN)CC(=N)C(=O)OC(C)(C)C. The Labute approximate surface area is 85.3 Å². The van der Waals surface area contributed by atoms with Crippen LogP contribution in [-0.2, 0) is 9.53 Å². The van der Waals surface area contributed by atoms with Gasteiger partial charge in [0.2, 0.25) is 0 Å². The largest absolute Gasteiger partial charge is 0.456 e. The second-order valence-corrected chi connectivity index (χ2v) is 4.53. The number of carbonyl (C=O) groups is 1. The molecule has 0 aromatic carbocycles. The van der Waals surface area contributed by atoms with Crippen molar-refractivity contribution in [3.8, 4) is 0 Å². The van der Waals surface area contributed by atoms with Crippen molar-refractivity contribution >= 4 is 11.7 Å². The molecule has 14 heavy (non-hydrogen) atoms. The molecule has 0 unspecified atom stereocenters. The van der Waals surface area contributed by atoms with E-state index in [4.69, 9.17) is 15.9 Å². The third-order valence-electron chi connectivity index (χ3n) is 1.60. The molecule has 0 fully saturated rings. The summed E-state index contributed by atoms with van der Waals surface area (Å²) in [5.74, 6) is -0.396. The van der Waals surface area contributed by atoms with Crippen LogP contribution >= 0.6 is 0 Å². The Kier molecular flexibility index (Phi) is 4.77. The zero-order valence-corrected chi connectivity index (χ0v) is 9.39. The highest BCUT2D eigenvalue weighted by Gasteiger charge is 2.20. The monoisotopic (exact) mass is 200 g/mol. The first-order valence-corrected chi connectivity index (χ1v) is 4.77. The maximum atomic E-state index is 11.3. The van der Waals surface area contributed by atoms with Crippen LogP contribution in [0.5, 0.6) is 0 Å². The number of esters is 1. The smallest absolute Gasteiger partial charge is 0.352 e. The molecular formula is C10H20N2O2. The van der Waals surface area contributed by atoms with E-state index in [-0.39, 0.29) is 11.6 Å². The van der Waals surface area contributed by atoms with E-state index < -0.39 is 11.6 Å². The van der Waals surface area contributed by atoms with Crippen LogP contribution in [-0.4, -0.2) is 23.8 Å². The summed E-state index contributed by atoms with van der Waals surface area (Å²) in [5, 5.41) is 7.48. The zero-order valence-electron chi connectivity index (χ0n) is 9.39. The maximum absolute atomic E-state index is 11.3. The van der Waals surface area contributed by atoms with E-state index in [0.717, 1.165) is 0 Å². The lowest BCUT2D eigenvalue weighted by Crippen LogP contribution is -2.30. The number of nitrogens with two attached hydrogens (primary N) is 1. The average Bonchev–Trinajstić information content (AvgIpc) is 2.00. The summed E-state index contributed by atoms with van der Waals surface area (Å²) in [4.78, 5) is 11.3. The van der Waals surface area contributed by atoms with Gasteiger partial charge in [-0.1, -0.05) is 6.92 Å². The number of rotatable bonds is 4. The molecule has 4 heteroatoms. The first kappa shape index (κ1) is 13.1. The van der Waals surface area contributed by atoms with Crippen LogP contribution in [0.3, 0.4) is 0 Å². The van der Waals surface area contributed by atoms with Gasteiger partial charge < -0.3 is 10.5 Å². The molecule has 0 saturated carbocycles. The molecule has 3 N–H and O–H groups in total. The molecule has 0 aromatic heterocycles. The van der Waals surface area contributed by atoms with Crippen LogP contribution in [0.15, 0.2) is 0 Å². The van der Waals surface area contributed by atoms with E-state index >= 15 is 0 Å². The molecule has 0 rings (SSSR count). The van der Waals surface area contributed by atoms with Gasteiger partial charge in [-0.3, -0.25) is 5.41 Å². The first-order chi connectivity index (χ1) is 6.26. The molecule has 0 aliphatic heterocycles. The molecule has 0 aliphatic carbocycles. The van der Waals surface area contributed by atoms with Crippen molar-refractivity contribution in [2.45, 2.75) is 39.7 Å². The Balaban J connectivity index is 4.08. The van der Waals surface area contributed by atoms with E-state index in [2.05, 4.69) is 0 Å². The van der Waals surface area contributed by atoms with Gasteiger partial charge in [-0.05, 0) is 33.2 Å². The van der Waals surface area contributed by atoms with Gasteiger partial charge in [-0.25, -0.2) is 4.79 Å². The summed E-state index contributed by atoms with van der Waals surface area (Å²) in [7, 11) is 0. The molecule has 0 amide bonds. The van der Waals surface area contributed by atoms with Gasteiger partial charge in [0.1, 0.15) is 11.3 Å². The normalized spacial score (nSPS) is 13.5. The molecule has 0 aromatic rings. The number of ether oxygens (including phenoxy) is 1. The molecule has 4 nitrogen and oxygen atoms in total. The molecule has 0 aliphatic rings. The fourth-order valence-electron chi connectivity index (χ4n) is 0.855. The maximum Gasteiger partial charge on any atom is 0.352 e. The summed E-state index contributed by atoms with van der Waals surface area (Å²) in [6.45, 7) is 7.73. The highest BCUT2D eigenvalue weighted by molar-refractivity contribution is 6.35. The highest BCUT2D eigenvalue weighted by atomic mass is 16.6. The molecular weight excluding hydrogens is 180 g/mol. The zero-order chi connectivity index (χ0) is 11.4. The Hall–Kier alpha value is -0.900. The Morgan fingerprint density at radius 3 is 2.36 bits per heavy atom. The third-order valence-corrected chi connectivity index (χ3v) is 1.60. The average molecular weight is 200 g/mol. The number of nitrogens with one attached hydrogen (secondary N) is 1.